The first-order valence-corrected chi connectivity index (χ1v) is 5.16. The fourth-order valence-corrected chi connectivity index (χ4v) is 0.204. The maximum Gasteiger partial charge on any atom is 0.0428 e. The van der Waals surface area contributed by atoms with E-state index in [4.69, 9.17) is 10.8 Å². The van der Waals surface area contributed by atoms with Gasteiger partial charge in [-0.25, -0.2) is 0 Å². The predicted octanol–water partition coefficient (Wildman–Crippen LogP) is 2.72. The highest BCUT2D eigenvalue weighted by Crippen LogP contribution is 1.82. The molecule has 2 heteroatoms. The summed E-state index contributed by atoms with van der Waals surface area (Å²) >= 11 is 0. The van der Waals surface area contributed by atoms with Gasteiger partial charge in [0, 0.05) is 6.61 Å². The summed E-state index contributed by atoms with van der Waals surface area (Å²) in [4.78, 5) is 0. The number of nitrogens with two attached hydrogens (primary N) is 1. The van der Waals surface area contributed by atoms with Gasteiger partial charge in [0.2, 0.25) is 0 Å². The second-order valence-corrected chi connectivity index (χ2v) is 2.59. The van der Waals surface area contributed by atoms with Crippen molar-refractivity contribution in [2.24, 2.45) is 5.73 Å². The molecule has 3 N–H and O–H groups in total. The minimum atomic E-state index is 0.319. The molecule has 0 aliphatic heterocycles. The average Bonchev–Trinajstić information content (AvgIpc) is 2.20. The monoisotopic (exact) mass is 189 g/mol. The molecule has 0 heterocycles. The van der Waals surface area contributed by atoms with Crippen LogP contribution in [0.4, 0.5) is 0 Å². The van der Waals surface area contributed by atoms with E-state index in [1.165, 1.54) is 6.42 Å². The van der Waals surface area contributed by atoms with Crippen molar-refractivity contribution in [3.8, 4) is 0 Å². The lowest BCUT2D eigenvalue weighted by molar-refractivity contribution is 0.295. The maximum absolute atomic E-state index is 7.88. The summed E-state index contributed by atoms with van der Waals surface area (Å²) in [5, 5.41) is 7.88. The van der Waals surface area contributed by atoms with Crippen molar-refractivity contribution in [3.05, 3.63) is 12.7 Å². The Kier molecular flexibility index (Phi) is 42.4. The van der Waals surface area contributed by atoms with Gasteiger partial charge in [-0.15, -0.1) is 6.58 Å². The van der Waals surface area contributed by atoms with Crippen LogP contribution in [-0.2, 0) is 0 Å². The smallest absolute Gasteiger partial charge is 0.0428 e. The molecule has 0 atom stereocenters. The molecular formula is C11H27NO. The van der Waals surface area contributed by atoms with Crippen molar-refractivity contribution in [2.45, 2.75) is 46.5 Å². The van der Waals surface area contributed by atoms with Crippen molar-refractivity contribution in [3.63, 3.8) is 0 Å². The topological polar surface area (TPSA) is 46.2 Å². The molecule has 0 saturated heterocycles. The molecule has 0 bridgehead atoms. The van der Waals surface area contributed by atoms with E-state index in [0.29, 0.717) is 6.61 Å². The number of hydrogen-bond donors (Lipinski definition) is 2. The van der Waals surface area contributed by atoms with E-state index in [9.17, 15) is 0 Å². The molecule has 0 aliphatic carbocycles. The number of aliphatic hydroxyl groups excluding tert-OH is 1. The lowest BCUT2D eigenvalue weighted by Crippen LogP contribution is -1.93. The van der Waals surface area contributed by atoms with Crippen molar-refractivity contribution in [2.75, 3.05) is 13.2 Å². The van der Waals surface area contributed by atoms with Gasteiger partial charge in [-0.1, -0.05) is 33.3 Å². The zero-order valence-corrected chi connectivity index (χ0v) is 9.55. The molecule has 0 aromatic heterocycles. The highest BCUT2D eigenvalue weighted by molar-refractivity contribution is 4.63. The lowest BCUT2D eigenvalue weighted by atomic mass is 10.3. The van der Waals surface area contributed by atoms with Crippen LogP contribution < -0.4 is 5.73 Å². The second-order valence-electron chi connectivity index (χ2n) is 2.59. The predicted molar refractivity (Wildman–Crippen MR) is 61.8 cm³/mol. The summed E-state index contributed by atoms with van der Waals surface area (Å²) in [7, 11) is 0. The lowest BCUT2D eigenvalue weighted by Gasteiger charge is -1.72. The molecule has 0 rings (SSSR count). The highest BCUT2D eigenvalue weighted by atomic mass is 16.2. The van der Waals surface area contributed by atoms with E-state index in [1.54, 1.807) is 0 Å². The Morgan fingerprint density at radius 2 is 1.54 bits per heavy atom. The Morgan fingerprint density at radius 3 is 1.54 bits per heavy atom. The first-order valence-electron chi connectivity index (χ1n) is 5.16. The van der Waals surface area contributed by atoms with E-state index in [0.717, 1.165) is 25.8 Å². The third-order valence-corrected chi connectivity index (χ3v) is 1.01. The Labute approximate surface area is 83.8 Å². The Balaban J connectivity index is -0.000000117. The molecule has 0 fully saturated rings. The third kappa shape index (κ3) is 81.2. The van der Waals surface area contributed by atoms with Crippen LogP contribution in [-0.4, -0.2) is 18.3 Å². The highest BCUT2D eigenvalue weighted by Gasteiger charge is 1.61. The van der Waals surface area contributed by atoms with Crippen molar-refractivity contribution in [1.29, 1.82) is 0 Å². The summed E-state index contributed by atoms with van der Waals surface area (Å²) in [5.41, 5.74) is 5.03. The first-order chi connectivity index (χ1) is 6.24. The van der Waals surface area contributed by atoms with Gasteiger partial charge in [-0.3, -0.25) is 0 Å². The second kappa shape index (κ2) is 29.9. The standard InChI is InChI=1S/C5H10.C3H9N.C3H8O/c1-3-5-4-2;2*1-2-3-4/h3H,1,4-5H2,2H3;2-4H2,1H3;4H,2-3H2,1H3. The van der Waals surface area contributed by atoms with Crippen LogP contribution in [0.25, 0.3) is 0 Å². The number of hydrogen-bond acceptors (Lipinski definition) is 2. The largest absolute Gasteiger partial charge is 0.396 e. The van der Waals surface area contributed by atoms with Crippen molar-refractivity contribution < 1.29 is 5.11 Å². The Morgan fingerprint density at radius 1 is 1.15 bits per heavy atom. The Bertz CT molecular complexity index is 57.1. The summed E-state index contributed by atoms with van der Waals surface area (Å²) in [5.74, 6) is 0. The van der Waals surface area contributed by atoms with Crippen molar-refractivity contribution >= 4 is 0 Å². The third-order valence-electron chi connectivity index (χ3n) is 1.01. The van der Waals surface area contributed by atoms with E-state index in [2.05, 4.69) is 20.4 Å². The van der Waals surface area contributed by atoms with Crippen molar-refractivity contribution in [1.82, 2.24) is 0 Å². The number of allylic oxidation sites excluding steroid dienone is 1. The van der Waals surface area contributed by atoms with Gasteiger partial charge in [0.25, 0.3) is 0 Å². The minimum Gasteiger partial charge on any atom is -0.396 e. The quantitative estimate of drug-likeness (QED) is 0.668. The minimum absolute atomic E-state index is 0.319. The van der Waals surface area contributed by atoms with Crippen LogP contribution in [0.3, 0.4) is 0 Å². The van der Waals surface area contributed by atoms with E-state index >= 15 is 0 Å². The zero-order chi connectivity index (χ0) is 10.9. The van der Waals surface area contributed by atoms with E-state index in [-0.39, 0.29) is 0 Å². The van der Waals surface area contributed by atoms with Crippen LogP contribution in [0.5, 0.6) is 0 Å². The Hall–Kier alpha value is -0.340. The van der Waals surface area contributed by atoms with Crippen LogP contribution in [0.2, 0.25) is 0 Å². The normalized spacial score (nSPS) is 7.46. The van der Waals surface area contributed by atoms with Gasteiger partial charge in [0.1, 0.15) is 0 Å². The molecule has 0 aliphatic rings. The number of unbranched alkanes of at least 4 members (excludes halogenated alkanes) is 1. The molecule has 0 unspecified atom stereocenters. The van der Waals surface area contributed by atoms with Gasteiger partial charge < -0.3 is 10.8 Å². The van der Waals surface area contributed by atoms with Crippen LogP contribution in [0.15, 0.2) is 12.7 Å². The van der Waals surface area contributed by atoms with Gasteiger partial charge in [-0.05, 0) is 25.8 Å². The molecule has 2 nitrogen and oxygen atoms in total. The van der Waals surface area contributed by atoms with Crippen LogP contribution in [0, 0.1) is 0 Å². The fourth-order valence-electron chi connectivity index (χ4n) is 0.204. The first kappa shape index (κ1) is 18.4. The molecule has 82 valence electrons. The number of rotatable bonds is 4. The van der Waals surface area contributed by atoms with Gasteiger partial charge in [0.15, 0.2) is 0 Å². The number of aliphatic hydroxyl groups is 1. The zero-order valence-electron chi connectivity index (χ0n) is 9.55. The fraction of sp³-hybridized carbons (Fsp3) is 0.818. The van der Waals surface area contributed by atoms with Crippen LogP contribution >= 0.6 is 0 Å². The summed E-state index contributed by atoms with van der Waals surface area (Å²) in [6.45, 7) is 10.8. The summed E-state index contributed by atoms with van der Waals surface area (Å²) in [6.07, 6.45) is 6.28. The molecule has 0 amide bonds. The molecule has 0 aromatic carbocycles. The summed E-state index contributed by atoms with van der Waals surface area (Å²) < 4.78 is 0. The maximum atomic E-state index is 7.88. The molecule has 13 heavy (non-hydrogen) atoms. The van der Waals surface area contributed by atoms with Gasteiger partial charge in [-0.2, -0.15) is 0 Å². The molecular weight excluding hydrogens is 162 g/mol. The molecule has 0 aromatic rings. The van der Waals surface area contributed by atoms with E-state index < -0.39 is 0 Å². The van der Waals surface area contributed by atoms with Gasteiger partial charge in [0.05, 0.1) is 0 Å². The molecule has 0 spiro atoms. The SMILES string of the molecule is C=CCCC.CCCN.CCCO. The van der Waals surface area contributed by atoms with Gasteiger partial charge >= 0.3 is 0 Å². The average molecular weight is 189 g/mol. The molecule has 0 radical (unpaired) electrons. The molecule has 0 saturated carbocycles. The van der Waals surface area contributed by atoms with E-state index in [1.807, 2.05) is 13.0 Å². The van der Waals surface area contributed by atoms with Crippen LogP contribution in [0.1, 0.15) is 46.5 Å². The summed E-state index contributed by atoms with van der Waals surface area (Å²) in [6, 6.07) is 0.